The summed E-state index contributed by atoms with van der Waals surface area (Å²) in [4.78, 5) is 0. The lowest BCUT2D eigenvalue weighted by Gasteiger charge is -2.53. The topological polar surface area (TPSA) is 87.8 Å². The van der Waals surface area contributed by atoms with E-state index in [2.05, 4.69) is 72.8 Å². The van der Waals surface area contributed by atoms with Gasteiger partial charge in [-0.1, -0.05) is 36.5 Å². The van der Waals surface area contributed by atoms with E-state index in [4.69, 9.17) is 17.2 Å². The first-order chi connectivity index (χ1) is 17.4. The smallest absolute Gasteiger partial charge is 0.0639 e. The Labute approximate surface area is 219 Å². The van der Waals surface area contributed by atoms with E-state index in [0.29, 0.717) is 25.7 Å². The monoisotopic (exact) mass is 492 g/mol. The highest BCUT2D eigenvalue weighted by molar-refractivity contribution is 5.13. The normalized spacial score (nSPS) is 19.2. The van der Waals surface area contributed by atoms with E-state index in [1.807, 2.05) is 36.5 Å². The molecular formula is C30H48N6. The van der Waals surface area contributed by atoms with Gasteiger partial charge in [0, 0.05) is 61.5 Å². The van der Waals surface area contributed by atoms with Crippen molar-refractivity contribution in [3.05, 3.63) is 111 Å². The van der Waals surface area contributed by atoms with Crippen molar-refractivity contribution in [3.63, 3.8) is 0 Å². The number of hydrazine groups is 2. The summed E-state index contributed by atoms with van der Waals surface area (Å²) >= 11 is 0. The number of nitrogens with two attached hydrogens (primary N) is 3. The molecule has 1 aliphatic rings. The van der Waals surface area contributed by atoms with Gasteiger partial charge < -0.3 is 17.2 Å². The molecule has 0 aromatic heterocycles. The maximum absolute atomic E-state index is 6.40. The Kier molecular flexibility index (Phi) is 15.0. The minimum absolute atomic E-state index is 0.0190. The molecule has 0 aromatic carbocycles. The van der Waals surface area contributed by atoms with Crippen LogP contribution in [-0.4, -0.2) is 46.4 Å². The highest BCUT2D eigenvalue weighted by Crippen LogP contribution is 2.28. The van der Waals surface area contributed by atoms with Crippen molar-refractivity contribution in [1.82, 2.24) is 15.1 Å². The lowest BCUT2D eigenvalue weighted by atomic mass is 10.1. The summed E-state index contributed by atoms with van der Waals surface area (Å²) in [5, 5.41) is 7.08. The Morgan fingerprint density at radius 1 is 0.556 bits per heavy atom. The Bertz CT molecular complexity index is 788. The zero-order chi connectivity index (χ0) is 26.9. The van der Waals surface area contributed by atoms with Gasteiger partial charge >= 0.3 is 0 Å². The number of nitrogens with zero attached hydrogens (tertiary/aromatic N) is 3. The molecule has 1 aliphatic heterocycles. The van der Waals surface area contributed by atoms with Gasteiger partial charge in [-0.15, -0.1) is 39.5 Å². The van der Waals surface area contributed by atoms with E-state index in [1.165, 1.54) is 0 Å². The minimum Gasteiger partial charge on any atom is -0.402 e. The van der Waals surface area contributed by atoms with E-state index >= 15 is 0 Å². The van der Waals surface area contributed by atoms with Crippen molar-refractivity contribution in [2.24, 2.45) is 17.2 Å². The van der Waals surface area contributed by atoms with Gasteiger partial charge in [0.15, 0.2) is 0 Å². The lowest BCUT2D eigenvalue weighted by Crippen LogP contribution is -2.66. The van der Waals surface area contributed by atoms with Gasteiger partial charge in [0.25, 0.3) is 0 Å². The molecule has 0 aliphatic carbocycles. The van der Waals surface area contributed by atoms with Crippen LogP contribution in [0.15, 0.2) is 111 Å². The van der Waals surface area contributed by atoms with Crippen LogP contribution in [-0.2, 0) is 0 Å². The van der Waals surface area contributed by atoms with Gasteiger partial charge in [-0.3, -0.25) is 0 Å². The fraction of sp³-hybridized carbons (Fsp3) is 0.400. The first-order valence-corrected chi connectivity index (χ1v) is 12.7. The van der Waals surface area contributed by atoms with Crippen LogP contribution < -0.4 is 17.2 Å². The van der Waals surface area contributed by atoms with Crippen LogP contribution in [0, 0.1) is 0 Å². The fourth-order valence-electron chi connectivity index (χ4n) is 4.50. The average Bonchev–Trinajstić information content (AvgIpc) is 2.83. The third-order valence-electron chi connectivity index (χ3n) is 5.95. The van der Waals surface area contributed by atoms with Crippen LogP contribution in [0.5, 0.6) is 0 Å². The third kappa shape index (κ3) is 9.90. The minimum atomic E-state index is -0.0505. The highest BCUT2D eigenvalue weighted by atomic mass is 15.9. The number of hydrogen-bond donors (Lipinski definition) is 3. The van der Waals surface area contributed by atoms with Gasteiger partial charge in [0.2, 0.25) is 0 Å². The molecule has 0 amide bonds. The molecule has 0 spiro atoms. The van der Waals surface area contributed by atoms with Gasteiger partial charge in [0.05, 0.1) is 6.04 Å². The van der Waals surface area contributed by atoms with Crippen LogP contribution in [0.2, 0.25) is 0 Å². The molecule has 3 unspecified atom stereocenters. The second-order valence-corrected chi connectivity index (χ2v) is 8.98. The first kappa shape index (κ1) is 31.0. The zero-order valence-electron chi connectivity index (χ0n) is 22.1. The second-order valence-electron chi connectivity index (χ2n) is 8.98. The molecule has 0 bridgehead atoms. The van der Waals surface area contributed by atoms with Crippen LogP contribution in [0.1, 0.15) is 44.9 Å². The van der Waals surface area contributed by atoms with Gasteiger partial charge in [0.1, 0.15) is 0 Å². The molecule has 0 saturated carbocycles. The fourth-order valence-corrected chi connectivity index (χ4v) is 4.50. The van der Waals surface area contributed by atoms with E-state index in [-0.39, 0.29) is 18.1 Å². The third-order valence-corrected chi connectivity index (χ3v) is 5.95. The Balaban J connectivity index is 3.71. The molecule has 1 rings (SSSR count). The van der Waals surface area contributed by atoms with Crippen molar-refractivity contribution in [2.45, 2.75) is 63.1 Å². The van der Waals surface area contributed by atoms with Gasteiger partial charge in [-0.25, -0.2) is 10.0 Å². The zero-order valence-corrected chi connectivity index (χ0v) is 22.1. The molecule has 6 N–H and O–H groups in total. The molecule has 1 saturated heterocycles. The Morgan fingerprint density at radius 3 is 1.22 bits per heavy atom. The summed E-state index contributed by atoms with van der Waals surface area (Å²) in [5.41, 5.74) is 21.4. The SMILES string of the molecule is C=CCC(N)=CC(CC=C)N1CCCN(C(C=C(N)CC=C)CC=C)N1C(C=C(N)CC=C)CC=C. The molecule has 36 heavy (non-hydrogen) atoms. The highest BCUT2D eigenvalue weighted by Gasteiger charge is 2.37. The summed E-state index contributed by atoms with van der Waals surface area (Å²) in [6.07, 6.45) is 22.7. The molecule has 1 heterocycles. The molecule has 6 heteroatoms. The molecule has 6 nitrogen and oxygen atoms in total. The molecule has 3 atom stereocenters. The predicted octanol–water partition coefficient (Wildman–Crippen LogP) is 5.22. The van der Waals surface area contributed by atoms with Crippen molar-refractivity contribution < 1.29 is 0 Å². The largest absolute Gasteiger partial charge is 0.402 e. The summed E-state index contributed by atoms with van der Waals surface area (Å²) in [6, 6.07) is -0.0126. The quantitative estimate of drug-likeness (QED) is 0.228. The number of hydrogen-bond acceptors (Lipinski definition) is 6. The molecule has 0 aromatic rings. The lowest BCUT2D eigenvalue weighted by molar-refractivity contribution is -0.246. The summed E-state index contributed by atoms with van der Waals surface area (Å²) in [7, 11) is 0. The van der Waals surface area contributed by atoms with E-state index in [0.717, 1.165) is 49.4 Å². The van der Waals surface area contributed by atoms with E-state index < -0.39 is 0 Å². The standard InChI is InChI=1S/C30H48N6/c1-7-14-25(31)22-28(17-10-4)34-20-13-21-35(29(18-11-5)23-26(32)15-8-2)36(34)30(19-12-6)24-27(33)16-9-3/h7-12,22-24,28-30H,1-6,13-21,31-33H2. The van der Waals surface area contributed by atoms with Crippen LogP contribution in [0.25, 0.3) is 0 Å². The molecule has 0 radical (unpaired) electrons. The summed E-state index contributed by atoms with van der Waals surface area (Å²) < 4.78 is 0. The summed E-state index contributed by atoms with van der Waals surface area (Å²) in [6.45, 7) is 25.3. The van der Waals surface area contributed by atoms with Crippen LogP contribution in [0.3, 0.4) is 0 Å². The predicted molar refractivity (Wildman–Crippen MR) is 157 cm³/mol. The average molecular weight is 493 g/mol. The van der Waals surface area contributed by atoms with Crippen molar-refractivity contribution in [1.29, 1.82) is 0 Å². The molecular weight excluding hydrogens is 444 g/mol. The van der Waals surface area contributed by atoms with Crippen molar-refractivity contribution in [3.8, 4) is 0 Å². The first-order valence-electron chi connectivity index (χ1n) is 12.7. The molecule has 198 valence electrons. The van der Waals surface area contributed by atoms with Crippen LogP contribution >= 0.6 is 0 Å². The van der Waals surface area contributed by atoms with E-state index in [1.54, 1.807) is 0 Å². The maximum Gasteiger partial charge on any atom is 0.0639 e. The Morgan fingerprint density at radius 2 is 0.889 bits per heavy atom. The van der Waals surface area contributed by atoms with Crippen LogP contribution in [0.4, 0.5) is 0 Å². The summed E-state index contributed by atoms with van der Waals surface area (Å²) in [5.74, 6) is 0. The molecule has 1 fully saturated rings. The maximum atomic E-state index is 6.40. The number of allylic oxidation sites excluding steroid dienone is 3. The van der Waals surface area contributed by atoms with Gasteiger partial charge in [-0.2, -0.15) is 5.12 Å². The van der Waals surface area contributed by atoms with Gasteiger partial charge in [-0.05, 0) is 43.9 Å². The van der Waals surface area contributed by atoms with Crippen molar-refractivity contribution in [2.75, 3.05) is 13.1 Å². The van der Waals surface area contributed by atoms with Crippen molar-refractivity contribution >= 4 is 0 Å². The Hall–Kier alpha value is -3.06. The second kappa shape index (κ2) is 17.4. The van der Waals surface area contributed by atoms with E-state index in [9.17, 15) is 0 Å². The number of rotatable bonds is 18.